The molecule has 1 rings (SSSR count). The van der Waals surface area contributed by atoms with Crippen LogP contribution in [0.1, 0.15) is 19.4 Å². The summed E-state index contributed by atoms with van der Waals surface area (Å²) in [5.41, 5.74) is -1.15. The van der Waals surface area contributed by atoms with Crippen molar-refractivity contribution in [3.05, 3.63) is 29.6 Å². The maximum absolute atomic E-state index is 14.1. The van der Waals surface area contributed by atoms with Crippen LogP contribution >= 0.6 is 0 Å². The van der Waals surface area contributed by atoms with Gasteiger partial charge in [-0.05, 0) is 12.0 Å². The van der Waals surface area contributed by atoms with Gasteiger partial charge in [-0.2, -0.15) is 0 Å². The van der Waals surface area contributed by atoms with Gasteiger partial charge in [0.05, 0.1) is 13.7 Å². The van der Waals surface area contributed by atoms with Crippen LogP contribution < -0.4 is 4.74 Å². The van der Waals surface area contributed by atoms with E-state index >= 15 is 0 Å². The van der Waals surface area contributed by atoms with Crippen molar-refractivity contribution < 1.29 is 19.0 Å². The molecular formula is C13H19FO3. The lowest BCUT2D eigenvalue weighted by Gasteiger charge is -2.32. The number of hydrogen-bond acceptors (Lipinski definition) is 3. The molecule has 17 heavy (non-hydrogen) atoms. The number of aliphatic hydroxyl groups is 1. The largest absolute Gasteiger partial charge is 0.494 e. The molecule has 1 aromatic rings. The summed E-state index contributed by atoms with van der Waals surface area (Å²) in [6.45, 7) is 3.67. The van der Waals surface area contributed by atoms with E-state index in [9.17, 15) is 9.50 Å². The fraction of sp³-hybridized carbons (Fsp3) is 0.538. The average Bonchev–Trinajstić information content (AvgIpc) is 2.29. The van der Waals surface area contributed by atoms with Crippen LogP contribution in [0.5, 0.6) is 5.75 Å². The van der Waals surface area contributed by atoms with Gasteiger partial charge < -0.3 is 14.6 Å². The molecule has 0 heterocycles. The summed E-state index contributed by atoms with van der Waals surface area (Å²) in [5.74, 6) is -0.593. The van der Waals surface area contributed by atoms with Gasteiger partial charge >= 0.3 is 0 Å². The summed E-state index contributed by atoms with van der Waals surface area (Å²) in [6, 6.07) is 4.73. The van der Waals surface area contributed by atoms with Gasteiger partial charge in [-0.1, -0.05) is 26.0 Å². The molecule has 0 aromatic heterocycles. The van der Waals surface area contributed by atoms with Crippen molar-refractivity contribution in [1.82, 2.24) is 0 Å². The zero-order chi connectivity index (χ0) is 13.1. The number of hydrogen-bond donors (Lipinski definition) is 1. The molecule has 0 spiro atoms. The van der Waals surface area contributed by atoms with E-state index in [0.717, 1.165) is 0 Å². The highest BCUT2D eigenvalue weighted by atomic mass is 19.1. The molecule has 0 aliphatic carbocycles. The summed E-state index contributed by atoms with van der Waals surface area (Å²) in [6.07, 6.45) is 0. The Balaban J connectivity index is 3.28. The van der Waals surface area contributed by atoms with E-state index in [1.807, 2.05) is 13.8 Å². The van der Waals surface area contributed by atoms with Crippen LogP contribution in [0.3, 0.4) is 0 Å². The third kappa shape index (κ3) is 2.58. The van der Waals surface area contributed by atoms with Crippen LogP contribution in [0.2, 0.25) is 0 Å². The highest BCUT2D eigenvalue weighted by molar-refractivity contribution is 5.35. The molecule has 0 bridgehead atoms. The molecule has 4 heteroatoms. The first-order valence-electron chi connectivity index (χ1n) is 5.51. The molecule has 0 amide bonds. The zero-order valence-corrected chi connectivity index (χ0v) is 10.7. The Bertz CT molecular complexity index is 379. The number of rotatable bonds is 5. The first-order valence-corrected chi connectivity index (χ1v) is 5.51. The summed E-state index contributed by atoms with van der Waals surface area (Å²) >= 11 is 0. The molecule has 1 N–H and O–H groups in total. The van der Waals surface area contributed by atoms with Gasteiger partial charge in [0.25, 0.3) is 0 Å². The van der Waals surface area contributed by atoms with Gasteiger partial charge in [0.2, 0.25) is 0 Å². The maximum Gasteiger partial charge on any atom is 0.171 e. The monoisotopic (exact) mass is 242 g/mol. The Morgan fingerprint density at radius 2 is 2.00 bits per heavy atom. The van der Waals surface area contributed by atoms with Crippen molar-refractivity contribution in [1.29, 1.82) is 0 Å². The molecule has 0 saturated heterocycles. The van der Waals surface area contributed by atoms with E-state index in [4.69, 9.17) is 9.47 Å². The number of halogens is 1. The normalized spacial score (nSPS) is 14.8. The van der Waals surface area contributed by atoms with Crippen molar-refractivity contribution in [2.75, 3.05) is 20.8 Å². The van der Waals surface area contributed by atoms with Gasteiger partial charge in [0.15, 0.2) is 11.6 Å². The average molecular weight is 242 g/mol. The van der Waals surface area contributed by atoms with E-state index in [1.165, 1.54) is 20.3 Å². The Hall–Kier alpha value is -1.13. The van der Waals surface area contributed by atoms with Crippen LogP contribution in [0, 0.1) is 11.7 Å². The minimum atomic E-state index is -1.35. The summed E-state index contributed by atoms with van der Waals surface area (Å²) in [5, 5.41) is 10.5. The Morgan fingerprint density at radius 3 is 2.47 bits per heavy atom. The third-order valence-electron chi connectivity index (χ3n) is 2.97. The zero-order valence-electron chi connectivity index (χ0n) is 10.7. The molecular weight excluding hydrogens is 223 g/mol. The quantitative estimate of drug-likeness (QED) is 0.861. The van der Waals surface area contributed by atoms with Crippen LogP contribution in [-0.2, 0) is 10.3 Å². The van der Waals surface area contributed by atoms with Crippen LogP contribution in [-0.4, -0.2) is 25.9 Å². The van der Waals surface area contributed by atoms with E-state index in [1.54, 1.807) is 12.1 Å². The third-order valence-corrected chi connectivity index (χ3v) is 2.97. The molecule has 1 unspecified atom stereocenters. The molecule has 1 aromatic carbocycles. The Labute approximate surface area is 101 Å². The smallest absolute Gasteiger partial charge is 0.171 e. The summed E-state index contributed by atoms with van der Waals surface area (Å²) in [4.78, 5) is 0. The number of benzene rings is 1. The predicted molar refractivity (Wildman–Crippen MR) is 63.6 cm³/mol. The second kappa shape index (κ2) is 5.47. The second-order valence-electron chi connectivity index (χ2n) is 4.33. The van der Waals surface area contributed by atoms with Crippen molar-refractivity contribution in [2.24, 2.45) is 5.92 Å². The summed E-state index contributed by atoms with van der Waals surface area (Å²) < 4.78 is 24.0. The minimum absolute atomic E-state index is 0.0365. The van der Waals surface area contributed by atoms with Crippen molar-refractivity contribution >= 4 is 0 Å². The fourth-order valence-electron chi connectivity index (χ4n) is 1.78. The molecule has 1 atom stereocenters. The topological polar surface area (TPSA) is 38.7 Å². The maximum atomic E-state index is 14.1. The minimum Gasteiger partial charge on any atom is -0.494 e. The molecule has 0 saturated carbocycles. The lowest BCUT2D eigenvalue weighted by molar-refractivity contribution is -0.0724. The van der Waals surface area contributed by atoms with Gasteiger partial charge in [-0.15, -0.1) is 0 Å². The van der Waals surface area contributed by atoms with E-state index in [0.29, 0.717) is 0 Å². The van der Waals surface area contributed by atoms with Crippen molar-refractivity contribution in [2.45, 2.75) is 19.4 Å². The number of methoxy groups -OCH3 is 2. The molecule has 96 valence electrons. The molecule has 0 aliphatic heterocycles. The van der Waals surface area contributed by atoms with Crippen LogP contribution in [0.4, 0.5) is 4.39 Å². The Kier molecular flexibility index (Phi) is 4.48. The van der Waals surface area contributed by atoms with Gasteiger partial charge in [0.1, 0.15) is 5.60 Å². The lowest BCUT2D eigenvalue weighted by atomic mass is 9.83. The van der Waals surface area contributed by atoms with Gasteiger partial charge in [0, 0.05) is 12.7 Å². The van der Waals surface area contributed by atoms with Crippen LogP contribution in [0.25, 0.3) is 0 Å². The van der Waals surface area contributed by atoms with Crippen molar-refractivity contribution in [3.8, 4) is 5.75 Å². The SMILES string of the molecule is COCC(O)(c1cccc(OC)c1F)C(C)C. The molecule has 0 fully saturated rings. The lowest BCUT2D eigenvalue weighted by Crippen LogP contribution is -2.37. The van der Waals surface area contributed by atoms with E-state index in [2.05, 4.69) is 0 Å². The first-order chi connectivity index (χ1) is 7.97. The standard InChI is InChI=1S/C13H19FO3/c1-9(2)13(15,8-16-3)10-6-5-7-11(17-4)12(10)14/h5-7,9,15H,8H2,1-4H3. The predicted octanol–water partition coefficient (Wildman–Crippen LogP) is 2.32. The van der Waals surface area contributed by atoms with Gasteiger partial charge in [-0.25, -0.2) is 4.39 Å². The second-order valence-corrected chi connectivity index (χ2v) is 4.33. The molecule has 0 aliphatic rings. The molecule has 0 radical (unpaired) electrons. The Morgan fingerprint density at radius 1 is 1.35 bits per heavy atom. The van der Waals surface area contributed by atoms with E-state index in [-0.39, 0.29) is 23.8 Å². The highest BCUT2D eigenvalue weighted by Gasteiger charge is 2.36. The first kappa shape index (κ1) is 13.9. The van der Waals surface area contributed by atoms with E-state index < -0.39 is 11.4 Å². The van der Waals surface area contributed by atoms with Crippen molar-refractivity contribution in [3.63, 3.8) is 0 Å². The van der Waals surface area contributed by atoms with Crippen LogP contribution in [0.15, 0.2) is 18.2 Å². The fourth-order valence-corrected chi connectivity index (χ4v) is 1.78. The molecule has 3 nitrogen and oxygen atoms in total. The summed E-state index contributed by atoms with van der Waals surface area (Å²) in [7, 11) is 2.87. The van der Waals surface area contributed by atoms with Gasteiger partial charge in [-0.3, -0.25) is 0 Å². The highest BCUT2D eigenvalue weighted by Crippen LogP contribution is 2.34. The number of ether oxygens (including phenoxy) is 2.